The summed E-state index contributed by atoms with van der Waals surface area (Å²) in [7, 11) is 0. The molecule has 0 radical (unpaired) electrons. The van der Waals surface area contributed by atoms with Gasteiger partial charge in [0.05, 0.1) is 18.8 Å². The zero-order chi connectivity index (χ0) is 18.0. The van der Waals surface area contributed by atoms with E-state index in [0.29, 0.717) is 24.9 Å². The zero-order valence-electron chi connectivity index (χ0n) is 14.1. The number of nitrogens with one attached hydrogen (secondary N) is 1. The number of thiophene rings is 1. The number of thioether (sulfide) groups is 1. The molecule has 7 nitrogen and oxygen atoms in total. The van der Waals surface area contributed by atoms with E-state index in [0.717, 1.165) is 12.2 Å². The summed E-state index contributed by atoms with van der Waals surface area (Å²) < 4.78 is 7.27. The molecule has 0 saturated heterocycles. The number of tetrazole rings is 1. The highest BCUT2D eigenvalue weighted by molar-refractivity contribution is 7.99. The SMILES string of the molecule is O=C(CSc1nnnn1CCc1cccs1)NCCOc1ccccc1. The van der Waals surface area contributed by atoms with E-state index < -0.39 is 0 Å². The fraction of sp³-hybridized carbons (Fsp3) is 0.294. The molecule has 0 saturated carbocycles. The molecule has 1 aromatic carbocycles. The molecule has 0 bridgehead atoms. The van der Waals surface area contributed by atoms with Crippen molar-refractivity contribution in [3.05, 3.63) is 52.7 Å². The number of rotatable bonds is 10. The maximum atomic E-state index is 11.9. The van der Waals surface area contributed by atoms with Crippen molar-refractivity contribution in [3.63, 3.8) is 0 Å². The number of hydrogen-bond acceptors (Lipinski definition) is 7. The van der Waals surface area contributed by atoms with Crippen LogP contribution in [-0.2, 0) is 17.8 Å². The second kappa shape index (κ2) is 9.93. The topological polar surface area (TPSA) is 81.9 Å². The van der Waals surface area contributed by atoms with Crippen molar-refractivity contribution in [2.24, 2.45) is 0 Å². The molecule has 2 heterocycles. The monoisotopic (exact) mass is 389 g/mol. The number of aryl methyl sites for hydroxylation is 2. The van der Waals surface area contributed by atoms with Gasteiger partial charge >= 0.3 is 0 Å². The van der Waals surface area contributed by atoms with Gasteiger partial charge in [-0.25, -0.2) is 4.68 Å². The Morgan fingerprint density at radius 3 is 2.92 bits per heavy atom. The molecule has 0 aliphatic carbocycles. The minimum absolute atomic E-state index is 0.0699. The summed E-state index contributed by atoms with van der Waals surface area (Å²) in [6.07, 6.45) is 0.874. The van der Waals surface area contributed by atoms with Crippen LogP contribution in [0, 0.1) is 0 Å². The first-order valence-corrected chi connectivity index (χ1v) is 10.0. The van der Waals surface area contributed by atoms with Crippen LogP contribution in [0.15, 0.2) is 53.0 Å². The van der Waals surface area contributed by atoms with E-state index in [9.17, 15) is 4.79 Å². The van der Waals surface area contributed by atoms with Crippen LogP contribution in [0.2, 0.25) is 0 Å². The Labute approximate surface area is 159 Å². The van der Waals surface area contributed by atoms with Gasteiger partial charge < -0.3 is 10.1 Å². The van der Waals surface area contributed by atoms with Gasteiger partial charge in [-0.15, -0.1) is 16.4 Å². The molecule has 0 spiro atoms. The maximum absolute atomic E-state index is 11.9. The van der Waals surface area contributed by atoms with Gasteiger partial charge in [-0.05, 0) is 34.0 Å². The molecule has 26 heavy (non-hydrogen) atoms. The lowest BCUT2D eigenvalue weighted by Crippen LogP contribution is -2.29. The molecule has 0 atom stereocenters. The van der Waals surface area contributed by atoms with Gasteiger partial charge in [0.1, 0.15) is 12.4 Å². The first kappa shape index (κ1) is 18.4. The Bertz CT molecular complexity index is 793. The number of amides is 1. The highest BCUT2D eigenvalue weighted by Crippen LogP contribution is 2.15. The van der Waals surface area contributed by atoms with E-state index in [1.807, 2.05) is 36.4 Å². The van der Waals surface area contributed by atoms with Crippen LogP contribution in [0.1, 0.15) is 4.88 Å². The van der Waals surface area contributed by atoms with Crippen LogP contribution in [-0.4, -0.2) is 45.0 Å². The molecule has 3 rings (SSSR count). The van der Waals surface area contributed by atoms with Crippen LogP contribution in [0.4, 0.5) is 0 Å². The molecular formula is C17H19N5O2S2. The van der Waals surface area contributed by atoms with Crippen LogP contribution >= 0.6 is 23.1 Å². The molecule has 1 N–H and O–H groups in total. The van der Waals surface area contributed by atoms with Crippen LogP contribution < -0.4 is 10.1 Å². The van der Waals surface area contributed by atoms with Crippen LogP contribution in [0.25, 0.3) is 0 Å². The standard InChI is InChI=1S/C17H19N5O2S2/c23-16(18-9-11-24-14-5-2-1-3-6-14)13-26-17-19-20-21-22(17)10-8-15-7-4-12-25-15/h1-7,12H,8-11,13H2,(H,18,23). The van der Waals surface area contributed by atoms with E-state index in [1.54, 1.807) is 16.0 Å². The average Bonchev–Trinajstić information content (AvgIpc) is 3.34. The van der Waals surface area contributed by atoms with Crippen molar-refractivity contribution in [1.82, 2.24) is 25.5 Å². The first-order chi connectivity index (χ1) is 12.8. The van der Waals surface area contributed by atoms with Crippen molar-refractivity contribution in [2.45, 2.75) is 18.1 Å². The molecule has 3 aromatic rings. The van der Waals surface area contributed by atoms with Gasteiger partial charge in [-0.2, -0.15) is 0 Å². The lowest BCUT2D eigenvalue weighted by atomic mass is 10.3. The summed E-state index contributed by atoms with van der Waals surface area (Å²) in [4.78, 5) is 13.2. The zero-order valence-corrected chi connectivity index (χ0v) is 15.7. The number of nitrogens with zero attached hydrogens (tertiary/aromatic N) is 4. The Morgan fingerprint density at radius 2 is 2.12 bits per heavy atom. The summed E-state index contributed by atoms with van der Waals surface area (Å²) in [6, 6.07) is 13.6. The fourth-order valence-corrected chi connectivity index (χ4v) is 3.60. The van der Waals surface area contributed by atoms with E-state index >= 15 is 0 Å². The van der Waals surface area contributed by atoms with E-state index in [4.69, 9.17) is 4.74 Å². The normalized spacial score (nSPS) is 10.6. The number of benzene rings is 1. The van der Waals surface area contributed by atoms with E-state index in [2.05, 4.69) is 32.3 Å². The minimum atomic E-state index is -0.0699. The van der Waals surface area contributed by atoms with Gasteiger partial charge in [0, 0.05) is 11.3 Å². The van der Waals surface area contributed by atoms with Gasteiger partial charge in [0.2, 0.25) is 11.1 Å². The molecule has 0 aliphatic rings. The molecule has 0 aliphatic heterocycles. The molecular weight excluding hydrogens is 370 g/mol. The number of ether oxygens (including phenoxy) is 1. The lowest BCUT2D eigenvalue weighted by Gasteiger charge is -2.07. The second-order valence-corrected chi connectivity index (χ2v) is 7.29. The third kappa shape index (κ3) is 5.85. The summed E-state index contributed by atoms with van der Waals surface area (Å²) in [5, 5.41) is 17.2. The van der Waals surface area contributed by atoms with Gasteiger partial charge in [-0.3, -0.25) is 4.79 Å². The molecule has 0 unspecified atom stereocenters. The molecule has 136 valence electrons. The highest BCUT2D eigenvalue weighted by atomic mass is 32.2. The van der Waals surface area contributed by atoms with Crippen molar-refractivity contribution >= 4 is 29.0 Å². The van der Waals surface area contributed by atoms with Crippen molar-refractivity contribution < 1.29 is 9.53 Å². The smallest absolute Gasteiger partial charge is 0.230 e. The Hall–Kier alpha value is -2.39. The molecule has 1 amide bonds. The Morgan fingerprint density at radius 1 is 1.23 bits per heavy atom. The number of aromatic nitrogens is 4. The largest absolute Gasteiger partial charge is 0.492 e. The Balaban J connectivity index is 1.34. The van der Waals surface area contributed by atoms with Gasteiger partial charge in [0.25, 0.3) is 0 Å². The summed E-state index contributed by atoms with van der Waals surface area (Å²) in [5.41, 5.74) is 0. The van der Waals surface area contributed by atoms with E-state index in [1.165, 1.54) is 16.6 Å². The van der Waals surface area contributed by atoms with Crippen molar-refractivity contribution in [1.29, 1.82) is 0 Å². The summed E-state index contributed by atoms with van der Waals surface area (Å²) in [6.45, 7) is 1.58. The molecule has 9 heteroatoms. The van der Waals surface area contributed by atoms with Gasteiger partial charge in [-0.1, -0.05) is 36.0 Å². The summed E-state index contributed by atoms with van der Waals surface area (Å²) >= 11 is 3.04. The highest BCUT2D eigenvalue weighted by Gasteiger charge is 2.10. The quantitative estimate of drug-likeness (QED) is 0.423. The van der Waals surface area contributed by atoms with Crippen LogP contribution in [0.5, 0.6) is 5.75 Å². The molecule has 2 aromatic heterocycles. The summed E-state index contributed by atoms with van der Waals surface area (Å²) in [5.74, 6) is 0.991. The number of hydrogen-bond donors (Lipinski definition) is 1. The van der Waals surface area contributed by atoms with Crippen molar-refractivity contribution in [2.75, 3.05) is 18.9 Å². The second-order valence-electron chi connectivity index (χ2n) is 5.31. The Kier molecular flexibility index (Phi) is 7.03. The number of para-hydroxylation sites is 1. The first-order valence-electron chi connectivity index (χ1n) is 8.17. The number of carbonyl (C=O) groups excluding carboxylic acids is 1. The van der Waals surface area contributed by atoms with Crippen LogP contribution in [0.3, 0.4) is 0 Å². The van der Waals surface area contributed by atoms with E-state index in [-0.39, 0.29) is 11.7 Å². The fourth-order valence-electron chi connectivity index (χ4n) is 2.17. The third-order valence-corrected chi connectivity index (χ3v) is 5.31. The number of carbonyl (C=O) groups is 1. The maximum Gasteiger partial charge on any atom is 0.230 e. The minimum Gasteiger partial charge on any atom is -0.492 e. The predicted molar refractivity (Wildman–Crippen MR) is 102 cm³/mol. The van der Waals surface area contributed by atoms with Crippen molar-refractivity contribution in [3.8, 4) is 5.75 Å². The van der Waals surface area contributed by atoms with Gasteiger partial charge in [0.15, 0.2) is 0 Å². The lowest BCUT2D eigenvalue weighted by molar-refractivity contribution is -0.118. The average molecular weight is 390 g/mol. The molecule has 0 fully saturated rings. The predicted octanol–water partition coefficient (Wildman–Crippen LogP) is 2.26. The third-order valence-electron chi connectivity index (χ3n) is 3.42.